The fraction of sp³-hybridized carbons (Fsp3) is 0.222. The maximum Gasteiger partial charge on any atom is 0.341 e. The van der Waals surface area contributed by atoms with E-state index in [1.807, 2.05) is 18.2 Å². The van der Waals surface area contributed by atoms with Crippen molar-refractivity contribution in [1.82, 2.24) is 4.57 Å². The van der Waals surface area contributed by atoms with Crippen LogP contribution in [0, 0.1) is 0 Å². The van der Waals surface area contributed by atoms with Gasteiger partial charge in [0.05, 0.1) is 7.11 Å². The second kappa shape index (κ2) is 6.12. The predicted octanol–water partition coefficient (Wildman–Crippen LogP) is 2.70. The summed E-state index contributed by atoms with van der Waals surface area (Å²) in [6.45, 7) is 0. The van der Waals surface area contributed by atoms with Gasteiger partial charge < -0.3 is 13.7 Å². The molecule has 0 unspecified atom stereocenters. The van der Waals surface area contributed by atoms with Crippen molar-refractivity contribution in [3.63, 3.8) is 0 Å². The van der Waals surface area contributed by atoms with Crippen LogP contribution in [0.3, 0.4) is 0 Å². The van der Waals surface area contributed by atoms with Crippen LogP contribution in [-0.4, -0.2) is 17.6 Å². The molecule has 0 saturated heterocycles. The highest BCUT2D eigenvalue weighted by molar-refractivity contribution is 6.03. The molecule has 0 spiro atoms. The fourth-order valence-corrected chi connectivity index (χ4v) is 2.70. The Morgan fingerprint density at radius 1 is 1.22 bits per heavy atom. The molecule has 0 bridgehead atoms. The van der Waals surface area contributed by atoms with Gasteiger partial charge in [0, 0.05) is 18.8 Å². The number of hydrogen-bond acceptors (Lipinski definition) is 4. The van der Waals surface area contributed by atoms with Crippen molar-refractivity contribution in [2.45, 2.75) is 12.8 Å². The van der Waals surface area contributed by atoms with Crippen molar-refractivity contribution >= 4 is 16.9 Å². The number of rotatable bonds is 4. The summed E-state index contributed by atoms with van der Waals surface area (Å²) in [4.78, 5) is 24.2. The van der Waals surface area contributed by atoms with Crippen LogP contribution < -0.4 is 5.56 Å². The first-order valence-corrected chi connectivity index (χ1v) is 7.33. The van der Waals surface area contributed by atoms with Crippen molar-refractivity contribution in [2.75, 3.05) is 7.11 Å². The first kappa shape index (κ1) is 15.1. The van der Waals surface area contributed by atoms with Gasteiger partial charge in [-0.05, 0) is 18.4 Å². The maximum atomic E-state index is 12.4. The number of methoxy groups -OCH3 is 1. The van der Waals surface area contributed by atoms with Crippen LogP contribution in [0.5, 0.6) is 0 Å². The molecule has 23 heavy (non-hydrogen) atoms. The van der Waals surface area contributed by atoms with E-state index in [9.17, 15) is 9.59 Å². The van der Waals surface area contributed by atoms with E-state index >= 15 is 0 Å². The second-order valence-electron chi connectivity index (χ2n) is 5.40. The zero-order valence-corrected chi connectivity index (χ0v) is 13.0. The van der Waals surface area contributed by atoms with E-state index in [0.29, 0.717) is 12.0 Å². The normalized spacial score (nSPS) is 10.9. The number of carbonyl (C=O) groups is 1. The average Bonchev–Trinajstić information content (AvgIpc) is 3.02. The molecule has 2 heterocycles. The number of benzene rings is 1. The number of esters is 1. The van der Waals surface area contributed by atoms with Crippen LogP contribution in [0.2, 0.25) is 0 Å². The lowest BCUT2D eigenvalue weighted by atomic mass is 10.0. The van der Waals surface area contributed by atoms with Gasteiger partial charge in [0.1, 0.15) is 22.8 Å². The first-order chi connectivity index (χ1) is 11.1. The topological polar surface area (TPSA) is 61.4 Å². The number of pyridine rings is 1. The molecular formula is C18H17NO4. The Labute approximate surface area is 133 Å². The summed E-state index contributed by atoms with van der Waals surface area (Å²) in [6, 6.07) is 10.1. The van der Waals surface area contributed by atoms with Gasteiger partial charge >= 0.3 is 5.97 Å². The Morgan fingerprint density at radius 3 is 2.65 bits per heavy atom. The molecule has 2 aromatic heterocycles. The Kier molecular flexibility index (Phi) is 4.02. The van der Waals surface area contributed by atoms with Crippen LogP contribution in [0.1, 0.15) is 21.5 Å². The van der Waals surface area contributed by atoms with Gasteiger partial charge in [-0.25, -0.2) is 4.79 Å². The molecule has 3 rings (SSSR count). The number of aryl methyl sites for hydroxylation is 3. The summed E-state index contributed by atoms with van der Waals surface area (Å²) in [6.07, 6.45) is 4.59. The SMILES string of the molecule is COC(=O)c1coc2c(CCc3ccccc3)cn(C)c(=O)c12. The summed E-state index contributed by atoms with van der Waals surface area (Å²) >= 11 is 0. The number of fused-ring (bicyclic) bond motifs is 1. The fourth-order valence-electron chi connectivity index (χ4n) is 2.70. The summed E-state index contributed by atoms with van der Waals surface area (Å²) in [5.74, 6) is -0.568. The van der Waals surface area contributed by atoms with Crippen molar-refractivity contribution < 1.29 is 13.9 Å². The molecule has 0 radical (unpaired) electrons. The minimum atomic E-state index is -0.568. The molecule has 5 nitrogen and oxygen atoms in total. The van der Waals surface area contributed by atoms with Crippen molar-refractivity contribution in [2.24, 2.45) is 7.05 Å². The van der Waals surface area contributed by atoms with Crippen molar-refractivity contribution in [3.05, 3.63) is 69.8 Å². The zero-order valence-electron chi connectivity index (χ0n) is 13.0. The third-order valence-corrected chi connectivity index (χ3v) is 3.90. The monoisotopic (exact) mass is 311 g/mol. The quantitative estimate of drug-likeness (QED) is 0.695. The van der Waals surface area contributed by atoms with Gasteiger partial charge in [-0.3, -0.25) is 4.79 Å². The lowest BCUT2D eigenvalue weighted by molar-refractivity contribution is 0.0602. The molecule has 0 saturated carbocycles. The van der Waals surface area contributed by atoms with E-state index in [0.717, 1.165) is 12.0 Å². The summed E-state index contributed by atoms with van der Waals surface area (Å²) < 4.78 is 11.7. The molecule has 0 fully saturated rings. The molecule has 0 aliphatic rings. The molecule has 0 atom stereocenters. The molecule has 0 aliphatic carbocycles. The summed E-state index contributed by atoms with van der Waals surface area (Å²) in [5.41, 5.74) is 2.46. The van der Waals surface area contributed by atoms with E-state index in [1.54, 1.807) is 13.2 Å². The van der Waals surface area contributed by atoms with Crippen LogP contribution in [0.25, 0.3) is 11.0 Å². The lowest BCUT2D eigenvalue weighted by Gasteiger charge is -2.06. The highest BCUT2D eigenvalue weighted by atomic mass is 16.5. The Balaban J connectivity index is 2.04. The molecule has 3 aromatic rings. The Morgan fingerprint density at radius 2 is 1.96 bits per heavy atom. The molecule has 1 aromatic carbocycles. The summed E-state index contributed by atoms with van der Waals surface area (Å²) in [7, 11) is 2.95. The maximum absolute atomic E-state index is 12.4. The molecular weight excluding hydrogens is 294 g/mol. The molecule has 0 N–H and O–H groups in total. The standard InChI is InChI=1S/C18H17NO4/c1-19-10-13(9-8-12-6-4-3-5-7-12)16-15(17(19)20)14(11-23-16)18(21)22-2/h3-7,10-11H,8-9H2,1-2H3. The Bertz CT molecular complexity index is 906. The largest absolute Gasteiger partial charge is 0.465 e. The average molecular weight is 311 g/mol. The number of nitrogens with zero attached hydrogens (tertiary/aromatic N) is 1. The third kappa shape index (κ3) is 2.77. The van der Waals surface area contributed by atoms with E-state index in [2.05, 4.69) is 12.1 Å². The second-order valence-corrected chi connectivity index (χ2v) is 5.40. The molecule has 5 heteroatoms. The van der Waals surface area contributed by atoms with Gasteiger partial charge in [-0.15, -0.1) is 0 Å². The third-order valence-electron chi connectivity index (χ3n) is 3.90. The van der Waals surface area contributed by atoms with Gasteiger partial charge in [0.15, 0.2) is 0 Å². The minimum Gasteiger partial charge on any atom is -0.465 e. The molecule has 118 valence electrons. The molecule has 0 aliphatic heterocycles. The highest BCUT2D eigenvalue weighted by Gasteiger charge is 2.20. The predicted molar refractivity (Wildman–Crippen MR) is 86.6 cm³/mol. The van der Waals surface area contributed by atoms with E-state index in [-0.39, 0.29) is 16.5 Å². The van der Waals surface area contributed by atoms with Gasteiger partial charge in [-0.1, -0.05) is 30.3 Å². The van der Waals surface area contributed by atoms with Crippen LogP contribution in [0.4, 0.5) is 0 Å². The number of carbonyl (C=O) groups excluding carboxylic acids is 1. The van der Waals surface area contributed by atoms with Gasteiger partial charge in [0.25, 0.3) is 5.56 Å². The van der Waals surface area contributed by atoms with Crippen molar-refractivity contribution in [3.8, 4) is 0 Å². The van der Waals surface area contributed by atoms with Crippen LogP contribution >= 0.6 is 0 Å². The number of aromatic nitrogens is 1. The van der Waals surface area contributed by atoms with Crippen LogP contribution in [-0.2, 0) is 24.6 Å². The van der Waals surface area contributed by atoms with Gasteiger partial charge in [-0.2, -0.15) is 0 Å². The lowest BCUT2D eigenvalue weighted by Crippen LogP contribution is -2.19. The number of ether oxygens (including phenoxy) is 1. The number of furan rings is 1. The van der Waals surface area contributed by atoms with Gasteiger partial charge in [0.2, 0.25) is 0 Å². The first-order valence-electron chi connectivity index (χ1n) is 7.33. The smallest absolute Gasteiger partial charge is 0.341 e. The highest BCUT2D eigenvalue weighted by Crippen LogP contribution is 2.23. The molecule has 0 amide bonds. The van der Waals surface area contributed by atoms with E-state index in [1.165, 1.54) is 23.5 Å². The summed E-state index contributed by atoms with van der Waals surface area (Å²) in [5, 5.41) is 0.282. The van der Waals surface area contributed by atoms with E-state index < -0.39 is 5.97 Å². The van der Waals surface area contributed by atoms with E-state index in [4.69, 9.17) is 9.15 Å². The minimum absolute atomic E-state index is 0.171. The zero-order chi connectivity index (χ0) is 16.4. The van der Waals surface area contributed by atoms with Crippen molar-refractivity contribution in [1.29, 1.82) is 0 Å². The van der Waals surface area contributed by atoms with Crippen LogP contribution in [0.15, 0.2) is 52.0 Å². The Hall–Kier alpha value is -2.82. The number of hydrogen-bond donors (Lipinski definition) is 0.